The average Bonchev–Trinajstić information content (AvgIpc) is 3.34. The van der Waals surface area contributed by atoms with E-state index in [1.807, 2.05) is 30.3 Å². The van der Waals surface area contributed by atoms with Gasteiger partial charge in [0.25, 0.3) is 5.91 Å². The highest BCUT2D eigenvalue weighted by Gasteiger charge is 2.67. The Morgan fingerprint density at radius 3 is 2.39 bits per heavy atom. The highest BCUT2D eigenvalue weighted by molar-refractivity contribution is 7.22. The van der Waals surface area contributed by atoms with Crippen LogP contribution in [0.2, 0.25) is 0 Å². The summed E-state index contributed by atoms with van der Waals surface area (Å²) in [6.45, 7) is 1.70. The van der Waals surface area contributed by atoms with Gasteiger partial charge in [0.1, 0.15) is 22.8 Å². The normalized spacial score (nSPS) is 29.6. The SMILES string of the molecule is CC1c2ccc(-c3cc4ccccc4s3)c(O)c2C(=O)C2=C(O)C3(O)C(=O)C(C(N)=O)=C(O)C(N(C)C)C3C(O)C21. The monoisotopic (exact) mass is 576 g/mol. The molecule has 0 saturated carbocycles. The molecule has 3 aliphatic rings. The summed E-state index contributed by atoms with van der Waals surface area (Å²) in [5, 5.41) is 58.4. The first-order chi connectivity index (χ1) is 19.3. The zero-order chi connectivity index (χ0) is 29.7. The van der Waals surface area contributed by atoms with Gasteiger partial charge >= 0.3 is 0 Å². The molecule has 0 radical (unpaired) electrons. The number of carbonyl (C=O) groups excluding carboxylic acids is 3. The van der Waals surface area contributed by atoms with Crippen molar-refractivity contribution < 1.29 is 39.9 Å². The second kappa shape index (κ2) is 8.98. The Kier molecular flexibility index (Phi) is 5.95. The van der Waals surface area contributed by atoms with Crippen molar-refractivity contribution in [3.05, 3.63) is 76.3 Å². The van der Waals surface area contributed by atoms with E-state index in [0.717, 1.165) is 10.1 Å². The fourth-order valence-electron chi connectivity index (χ4n) is 6.94. The lowest BCUT2D eigenvalue weighted by molar-refractivity contribution is -0.162. The number of likely N-dealkylation sites (N-methyl/N-ethyl adjacent to an activating group) is 1. The number of fused-ring (bicyclic) bond motifs is 4. The van der Waals surface area contributed by atoms with Gasteiger partial charge in [-0.15, -0.1) is 11.3 Å². The lowest BCUT2D eigenvalue weighted by Gasteiger charge is -2.53. The summed E-state index contributed by atoms with van der Waals surface area (Å²) in [7, 11) is 2.99. The van der Waals surface area contributed by atoms with Crippen LogP contribution in [0.5, 0.6) is 5.75 Å². The summed E-state index contributed by atoms with van der Waals surface area (Å²) in [5.74, 6) is -9.03. The lowest BCUT2D eigenvalue weighted by atomic mass is 9.55. The van der Waals surface area contributed by atoms with E-state index >= 15 is 0 Å². The van der Waals surface area contributed by atoms with E-state index in [-0.39, 0.29) is 11.3 Å². The van der Waals surface area contributed by atoms with E-state index < -0.39 is 75.6 Å². The summed E-state index contributed by atoms with van der Waals surface area (Å²) in [6, 6.07) is 11.6. The van der Waals surface area contributed by atoms with E-state index in [1.54, 1.807) is 19.1 Å². The number of benzene rings is 2. The van der Waals surface area contributed by atoms with Crippen LogP contribution in [0.4, 0.5) is 0 Å². The highest BCUT2D eigenvalue weighted by Crippen LogP contribution is 2.56. The number of phenols is 1. The molecule has 6 unspecified atom stereocenters. The molecule has 1 heterocycles. The summed E-state index contributed by atoms with van der Waals surface area (Å²) in [4.78, 5) is 41.9. The van der Waals surface area contributed by atoms with Crippen LogP contribution in [-0.2, 0) is 9.59 Å². The maximum atomic E-state index is 14.1. The number of nitrogens with two attached hydrogens (primary N) is 1. The van der Waals surface area contributed by atoms with Gasteiger partial charge in [-0.3, -0.25) is 19.3 Å². The van der Waals surface area contributed by atoms with Gasteiger partial charge in [-0.05, 0) is 49.2 Å². The Balaban J connectivity index is 1.57. The minimum absolute atomic E-state index is 0.111. The first-order valence-electron chi connectivity index (χ1n) is 13.0. The van der Waals surface area contributed by atoms with Gasteiger partial charge < -0.3 is 31.3 Å². The van der Waals surface area contributed by atoms with Crippen molar-refractivity contribution in [3.63, 3.8) is 0 Å². The molecule has 10 nitrogen and oxygen atoms in total. The van der Waals surface area contributed by atoms with Gasteiger partial charge in [-0.1, -0.05) is 31.2 Å². The molecule has 0 aliphatic heterocycles. The van der Waals surface area contributed by atoms with Crippen molar-refractivity contribution in [2.24, 2.45) is 17.6 Å². The molecule has 41 heavy (non-hydrogen) atoms. The zero-order valence-electron chi connectivity index (χ0n) is 22.3. The maximum absolute atomic E-state index is 14.1. The quantitative estimate of drug-likeness (QED) is 0.255. The minimum atomic E-state index is -2.94. The van der Waals surface area contributed by atoms with Gasteiger partial charge in [0, 0.05) is 26.6 Å². The zero-order valence-corrected chi connectivity index (χ0v) is 23.1. The van der Waals surface area contributed by atoms with E-state index in [1.165, 1.54) is 30.3 Å². The molecule has 6 atom stereocenters. The van der Waals surface area contributed by atoms with E-state index in [2.05, 4.69) is 0 Å². The predicted molar refractivity (Wildman–Crippen MR) is 151 cm³/mol. The number of aliphatic hydroxyl groups is 4. The van der Waals surface area contributed by atoms with Crippen LogP contribution < -0.4 is 5.73 Å². The maximum Gasteiger partial charge on any atom is 0.255 e. The Morgan fingerprint density at radius 1 is 1.07 bits per heavy atom. The molecule has 1 amide bonds. The van der Waals surface area contributed by atoms with Crippen molar-refractivity contribution in [2.75, 3.05) is 14.1 Å². The number of aliphatic hydroxyl groups excluding tert-OH is 3. The van der Waals surface area contributed by atoms with E-state index in [4.69, 9.17) is 5.73 Å². The molecule has 7 N–H and O–H groups in total. The summed E-state index contributed by atoms with van der Waals surface area (Å²) in [6.07, 6.45) is -1.63. The van der Waals surface area contributed by atoms with Gasteiger partial charge in [0.2, 0.25) is 5.78 Å². The van der Waals surface area contributed by atoms with E-state index in [0.29, 0.717) is 16.0 Å². The molecule has 6 rings (SSSR count). The lowest BCUT2D eigenvalue weighted by Crippen LogP contribution is -2.68. The molecule has 11 heteroatoms. The number of aromatic hydroxyl groups is 1. The molecule has 0 bridgehead atoms. The molecule has 212 valence electrons. The number of nitrogens with zero attached hydrogens (tertiary/aromatic N) is 1. The van der Waals surface area contributed by atoms with Gasteiger partial charge in [-0.2, -0.15) is 0 Å². The molecule has 0 spiro atoms. The third kappa shape index (κ3) is 3.43. The van der Waals surface area contributed by atoms with Crippen LogP contribution in [0.3, 0.4) is 0 Å². The molecule has 0 fully saturated rings. The van der Waals surface area contributed by atoms with Crippen molar-refractivity contribution in [1.29, 1.82) is 0 Å². The molecule has 3 aliphatic carbocycles. The number of ketones is 2. The number of amides is 1. The van der Waals surface area contributed by atoms with E-state index in [9.17, 15) is 39.9 Å². The Labute approximate surface area is 238 Å². The Hall–Kier alpha value is -4.03. The summed E-state index contributed by atoms with van der Waals surface area (Å²) >= 11 is 1.43. The Bertz CT molecular complexity index is 1720. The van der Waals surface area contributed by atoms with Gasteiger partial charge in [0.15, 0.2) is 11.4 Å². The highest BCUT2D eigenvalue weighted by atomic mass is 32.1. The van der Waals surface area contributed by atoms with Gasteiger partial charge in [-0.25, -0.2) is 0 Å². The average molecular weight is 577 g/mol. The largest absolute Gasteiger partial charge is 0.510 e. The van der Waals surface area contributed by atoms with Crippen molar-refractivity contribution in [1.82, 2.24) is 4.90 Å². The third-order valence-electron chi connectivity index (χ3n) is 8.82. The fourth-order valence-corrected chi connectivity index (χ4v) is 8.03. The van der Waals surface area contributed by atoms with Crippen molar-refractivity contribution >= 4 is 38.9 Å². The molecule has 3 aromatic rings. The van der Waals surface area contributed by atoms with Crippen LogP contribution in [0.1, 0.15) is 28.8 Å². The molecule has 2 aromatic carbocycles. The molecular formula is C30H28N2O8S. The number of primary amides is 1. The molecule has 0 saturated heterocycles. The third-order valence-corrected chi connectivity index (χ3v) is 9.97. The number of phenolic OH excluding ortho intramolecular Hbond substituents is 1. The first kappa shape index (κ1) is 27.2. The number of carbonyl (C=O) groups is 3. The topological polar surface area (TPSA) is 182 Å². The smallest absolute Gasteiger partial charge is 0.255 e. The number of hydrogen-bond donors (Lipinski definition) is 6. The van der Waals surface area contributed by atoms with Crippen LogP contribution in [0, 0.1) is 11.8 Å². The molecule has 1 aromatic heterocycles. The molecular weight excluding hydrogens is 548 g/mol. The number of thiophene rings is 1. The second-order valence-electron chi connectivity index (χ2n) is 11.1. The number of Topliss-reactive ketones (excluding diaryl/α,β-unsaturated/α-hetero) is 2. The van der Waals surface area contributed by atoms with Crippen molar-refractivity contribution in [3.8, 4) is 16.2 Å². The van der Waals surface area contributed by atoms with Gasteiger partial charge in [0.05, 0.1) is 23.6 Å². The van der Waals surface area contributed by atoms with Crippen LogP contribution in [0.15, 0.2) is 65.1 Å². The van der Waals surface area contributed by atoms with Crippen molar-refractivity contribution in [2.45, 2.75) is 30.6 Å². The summed E-state index contributed by atoms with van der Waals surface area (Å²) in [5.41, 5.74) is 1.77. The van der Waals surface area contributed by atoms with Crippen LogP contribution >= 0.6 is 11.3 Å². The predicted octanol–water partition coefficient (Wildman–Crippen LogP) is 2.53. The Morgan fingerprint density at radius 2 is 1.76 bits per heavy atom. The number of rotatable bonds is 3. The van der Waals surface area contributed by atoms with Crippen LogP contribution in [0.25, 0.3) is 20.5 Å². The standard InChI is InChI=1S/C30H28N2O8S/c1-11-13-8-9-14(16-10-12-6-4-5-7-15(12)41-16)23(33)18(13)24(34)19-17(11)25(35)21-22(32(2)3)26(36)20(29(31)39)28(38)30(21,40)27(19)37/h4-11,17,21-22,25,33,35-37,40H,1-3H3,(H2,31,39). The second-order valence-corrected chi connectivity index (χ2v) is 12.2. The fraction of sp³-hybridized carbons (Fsp3) is 0.300. The van der Waals surface area contributed by atoms with Crippen LogP contribution in [-0.4, -0.2) is 79.7 Å². The first-order valence-corrected chi connectivity index (χ1v) is 13.8. The minimum Gasteiger partial charge on any atom is -0.510 e. The summed E-state index contributed by atoms with van der Waals surface area (Å²) < 4.78 is 0.983. The number of hydrogen-bond acceptors (Lipinski definition) is 10.